The van der Waals surface area contributed by atoms with Crippen LogP contribution >= 0.6 is 27.7 Å². The average molecular weight is 610 g/mol. The molecule has 39 heavy (non-hydrogen) atoms. The van der Waals surface area contributed by atoms with Gasteiger partial charge in [0.05, 0.1) is 26.2 Å². The zero-order valence-corrected chi connectivity index (χ0v) is 23.7. The molecule has 0 saturated heterocycles. The first-order valence-corrected chi connectivity index (χ1v) is 13.3. The summed E-state index contributed by atoms with van der Waals surface area (Å²) >= 11 is 4.70. The lowest BCUT2D eigenvalue weighted by Gasteiger charge is -2.13. The van der Waals surface area contributed by atoms with Crippen molar-refractivity contribution in [2.75, 3.05) is 20.0 Å². The maximum Gasteiger partial charge on any atom is 0.308 e. The van der Waals surface area contributed by atoms with Crippen molar-refractivity contribution in [3.63, 3.8) is 0 Å². The number of benzene rings is 3. The molecule has 0 fully saturated rings. The molecule has 200 valence electrons. The zero-order valence-electron chi connectivity index (χ0n) is 21.3. The van der Waals surface area contributed by atoms with E-state index < -0.39 is 5.97 Å². The molecule has 12 heteroatoms. The number of nitrogens with one attached hydrogen (secondary N) is 1. The number of esters is 1. The fraction of sp³-hybridized carbons (Fsp3) is 0.148. The van der Waals surface area contributed by atoms with E-state index in [2.05, 4.69) is 36.7 Å². The topological polar surface area (TPSA) is 117 Å². The summed E-state index contributed by atoms with van der Waals surface area (Å²) < 4.78 is 18.7. The van der Waals surface area contributed by atoms with Crippen molar-refractivity contribution < 1.29 is 23.8 Å². The Labute approximate surface area is 237 Å². The molecule has 0 aliphatic carbocycles. The quantitative estimate of drug-likeness (QED) is 0.0888. The van der Waals surface area contributed by atoms with E-state index in [1.54, 1.807) is 12.1 Å². The molecule has 4 rings (SSSR count). The van der Waals surface area contributed by atoms with Crippen LogP contribution in [0, 0.1) is 0 Å². The number of para-hydroxylation sites is 1. The molecule has 0 spiro atoms. The van der Waals surface area contributed by atoms with E-state index in [0.29, 0.717) is 16.5 Å². The predicted octanol–water partition coefficient (Wildman–Crippen LogP) is 4.88. The fourth-order valence-corrected chi connectivity index (χ4v) is 4.53. The highest BCUT2D eigenvalue weighted by atomic mass is 79.9. The number of methoxy groups -OCH3 is 2. The number of halogens is 1. The van der Waals surface area contributed by atoms with E-state index in [1.165, 1.54) is 39.1 Å². The maximum absolute atomic E-state index is 12.6. The van der Waals surface area contributed by atoms with Gasteiger partial charge in [0.2, 0.25) is 5.75 Å². The second-order valence-corrected chi connectivity index (χ2v) is 9.77. The molecule has 1 heterocycles. The average Bonchev–Trinajstić information content (AvgIpc) is 3.37. The van der Waals surface area contributed by atoms with Crippen molar-refractivity contribution in [1.82, 2.24) is 20.2 Å². The summed E-state index contributed by atoms with van der Waals surface area (Å²) in [5.41, 5.74) is 4.84. The Kier molecular flexibility index (Phi) is 9.34. The van der Waals surface area contributed by atoms with E-state index in [4.69, 9.17) is 14.2 Å². The van der Waals surface area contributed by atoms with Crippen molar-refractivity contribution in [3.8, 4) is 34.3 Å². The largest absolute Gasteiger partial charge is 0.493 e. The third-order valence-corrected chi connectivity index (χ3v) is 6.67. The molecule has 0 atom stereocenters. The second-order valence-electron chi connectivity index (χ2n) is 7.91. The van der Waals surface area contributed by atoms with Gasteiger partial charge in [0, 0.05) is 28.2 Å². The van der Waals surface area contributed by atoms with Gasteiger partial charge in [-0.2, -0.15) is 5.10 Å². The third-order valence-electron chi connectivity index (χ3n) is 5.21. The first kappa shape index (κ1) is 27.9. The van der Waals surface area contributed by atoms with Crippen LogP contribution in [0.15, 0.2) is 81.5 Å². The van der Waals surface area contributed by atoms with Crippen LogP contribution in [0.5, 0.6) is 17.2 Å². The normalized spacial score (nSPS) is 10.9. The zero-order chi connectivity index (χ0) is 27.8. The Balaban J connectivity index is 1.47. The molecule has 0 unspecified atom stereocenters. The van der Waals surface area contributed by atoms with Crippen LogP contribution in [0.1, 0.15) is 12.5 Å². The molecule has 0 aliphatic rings. The molecule has 0 bridgehead atoms. The molecule has 3 aromatic carbocycles. The first-order chi connectivity index (χ1) is 18.9. The Hall–Kier alpha value is -4.16. The van der Waals surface area contributed by atoms with Crippen LogP contribution in [-0.2, 0) is 9.59 Å². The van der Waals surface area contributed by atoms with Gasteiger partial charge in [0.1, 0.15) is 0 Å². The SMILES string of the molecule is COc1cc(/C=N\NC(=O)CSc2nnc(-c3ccc(Br)cc3)n2-c2ccccc2)cc(OC)c1OC(C)=O. The van der Waals surface area contributed by atoms with Crippen LogP contribution in [-0.4, -0.2) is 52.8 Å². The minimum absolute atomic E-state index is 0.0562. The van der Waals surface area contributed by atoms with Crippen molar-refractivity contribution >= 4 is 45.8 Å². The molecule has 0 saturated carbocycles. The lowest BCUT2D eigenvalue weighted by Crippen LogP contribution is -2.20. The van der Waals surface area contributed by atoms with Gasteiger partial charge in [-0.25, -0.2) is 5.43 Å². The Morgan fingerprint density at radius 3 is 2.31 bits per heavy atom. The molecule has 0 aliphatic heterocycles. The van der Waals surface area contributed by atoms with Crippen LogP contribution in [0.3, 0.4) is 0 Å². The number of nitrogens with zero attached hydrogens (tertiary/aromatic N) is 4. The van der Waals surface area contributed by atoms with Gasteiger partial charge in [-0.3, -0.25) is 14.2 Å². The molecule has 4 aromatic rings. The van der Waals surface area contributed by atoms with E-state index in [9.17, 15) is 9.59 Å². The number of carbonyl (C=O) groups is 2. The number of aromatic nitrogens is 3. The highest BCUT2D eigenvalue weighted by Crippen LogP contribution is 2.38. The van der Waals surface area contributed by atoms with Crippen LogP contribution in [0.25, 0.3) is 17.1 Å². The Morgan fingerprint density at radius 1 is 1.03 bits per heavy atom. The summed E-state index contributed by atoms with van der Waals surface area (Å²) in [4.78, 5) is 24.0. The number of hydrogen-bond donors (Lipinski definition) is 1. The van der Waals surface area contributed by atoms with Crippen LogP contribution < -0.4 is 19.6 Å². The van der Waals surface area contributed by atoms with Crippen LogP contribution in [0.2, 0.25) is 0 Å². The molecule has 10 nitrogen and oxygen atoms in total. The lowest BCUT2D eigenvalue weighted by atomic mass is 10.2. The van der Waals surface area contributed by atoms with Gasteiger partial charge in [0.25, 0.3) is 5.91 Å². The number of hydrazone groups is 1. The smallest absolute Gasteiger partial charge is 0.308 e. The van der Waals surface area contributed by atoms with E-state index in [1.807, 2.05) is 59.2 Å². The number of ether oxygens (including phenoxy) is 3. The molecule has 0 radical (unpaired) electrons. The molecule has 1 amide bonds. The summed E-state index contributed by atoms with van der Waals surface area (Å²) in [6.07, 6.45) is 1.43. The van der Waals surface area contributed by atoms with Gasteiger partial charge in [-0.05, 0) is 36.4 Å². The van der Waals surface area contributed by atoms with Crippen molar-refractivity contribution in [2.24, 2.45) is 5.10 Å². The summed E-state index contributed by atoms with van der Waals surface area (Å²) in [6.45, 7) is 1.28. The van der Waals surface area contributed by atoms with Crippen molar-refractivity contribution in [1.29, 1.82) is 0 Å². The van der Waals surface area contributed by atoms with Crippen LogP contribution in [0.4, 0.5) is 0 Å². The lowest BCUT2D eigenvalue weighted by molar-refractivity contribution is -0.132. The molecule has 1 aromatic heterocycles. The minimum atomic E-state index is -0.509. The summed E-state index contributed by atoms with van der Waals surface area (Å²) in [6, 6.07) is 20.7. The van der Waals surface area contributed by atoms with Gasteiger partial charge in [-0.1, -0.05) is 58.0 Å². The van der Waals surface area contributed by atoms with Crippen molar-refractivity contribution in [2.45, 2.75) is 12.1 Å². The number of thioether (sulfide) groups is 1. The number of carbonyl (C=O) groups excluding carboxylic acids is 2. The Morgan fingerprint density at radius 2 is 1.69 bits per heavy atom. The van der Waals surface area contributed by atoms with E-state index in [0.717, 1.165) is 15.7 Å². The molecular formula is C27H24BrN5O5S. The molecular weight excluding hydrogens is 586 g/mol. The number of hydrogen-bond acceptors (Lipinski definition) is 9. The fourth-order valence-electron chi connectivity index (χ4n) is 3.52. The van der Waals surface area contributed by atoms with E-state index in [-0.39, 0.29) is 28.9 Å². The maximum atomic E-state index is 12.6. The van der Waals surface area contributed by atoms with Gasteiger partial charge < -0.3 is 14.2 Å². The summed E-state index contributed by atoms with van der Waals surface area (Å²) in [5, 5.41) is 13.3. The predicted molar refractivity (Wildman–Crippen MR) is 152 cm³/mol. The Bertz CT molecular complexity index is 1470. The first-order valence-electron chi connectivity index (χ1n) is 11.6. The second kappa shape index (κ2) is 13.1. The number of rotatable bonds is 10. The van der Waals surface area contributed by atoms with Gasteiger partial charge >= 0.3 is 5.97 Å². The van der Waals surface area contributed by atoms with Gasteiger partial charge in [-0.15, -0.1) is 10.2 Å². The monoisotopic (exact) mass is 609 g/mol. The summed E-state index contributed by atoms with van der Waals surface area (Å²) in [7, 11) is 2.88. The van der Waals surface area contributed by atoms with E-state index >= 15 is 0 Å². The standard InChI is InChI=1S/C27H24BrN5O5S/c1-17(34)38-25-22(36-2)13-18(14-23(25)37-3)15-29-30-24(35)16-39-27-32-31-26(19-9-11-20(28)12-10-19)33(27)21-7-5-4-6-8-21/h4-15H,16H2,1-3H3,(H,30,35)/b29-15-. The minimum Gasteiger partial charge on any atom is -0.493 e. The molecule has 1 N–H and O–H groups in total. The summed E-state index contributed by atoms with van der Waals surface area (Å²) in [5.74, 6) is 0.611. The number of amides is 1. The van der Waals surface area contributed by atoms with Crippen molar-refractivity contribution in [3.05, 3.63) is 76.8 Å². The highest BCUT2D eigenvalue weighted by molar-refractivity contribution is 9.10. The highest BCUT2D eigenvalue weighted by Gasteiger charge is 2.18. The third kappa shape index (κ3) is 7.03. The van der Waals surface area contributed by atoms with Gasteiger partial charge in [0.15, 0.2) is 22.5 Å².